The Labute approximate surface area is 71.9 Å². The van der Waals surface area contributed by atoms with Crippen LogP contribution in [-0.4, -0.2) is 14.2 Å². The van der Waals surface area contributed by atoms with Crippen LogP contribution < -0.4 is 9.47 Å². The first-order chi connectivity index (χ1) is 4.79. The van der Waals surface area contributed by atoms with Crippen molar-refractivity contribution >= 4 is 27.3 Å². The van der Waals surface area contributed by atoms with E-state index in [0.29, 0.717) is 0 Å². The highest BCUT2D eigenvalue weighted by atomic mass is 79.9. The molecule has 1 heterocycles. The minimum Gasteiger partial charge on any atom is -0.495 e. The molecule has 0 radical (unpaired) electrons. The van der Waals surface area contributed by atoms with Crippen molar-refractivity contribution in [1.29, 1.82) is 0 Å². The lowest BCUT2D eigenvalue weighted by Crippen LogP contribution is -1.81. The lowest BCUT2D eigenvalue weighted by atomic mass is 10.6. The second-order valence-corrected chi connectivity index (χ2v) is 3.24. The van der Waals surface area contributed by atoms with E-state index in [9.17, 15) is 0 Å². The quantitative estimate of drug-likeness (QED) is 0.766. The van der Waals surface area contributed by atoms with Gasteiger partial charge in [-0.1, -0.05) is 0 Å². The van der Waals surface area contributed by atoms with Gasteiger partial charge in [-0.2, -0.15) is 0 Å². The van der Waals surface area contributed by atoms with Gasteiger partial charge < -0.3 is 9.47 Å². The van der Waals surface area contributed by atoms with Crippen LogP contribution in [0.1, 0.15) is 0 Å². The second-order valence-electron chi connectivity index (χ2n) is 1.61. The molecule has 1 aromatic heterocycles. The first-order valence-electron chi connectivity index (χ1n) is 2.64. The molecular formula is C6H7BrO2S. The molecule has 0 aliphatic carbocycles. The summed E-state index contributed by atoms with van der Waals surface area (Å²) in [5.74, 6) is 0.821. The van der Waals surface area contributed by atoms with Crippen molar-refractivity contribution in [2.75, 3.05) is 14.2 Å². The summed E-state index contributed by atoms with van der Waals surface area (Å²) in [5.41, 5.74) is 0. The van der Waals surface area contributed by atoms with Gasteiger partial charge in [0, 0.05) is 5.38 Å². The van der Waals surface area contributed by atoms with E-state index in [1.165, 1.54) is 11.3 Å². The molecule has 0 aromatic carbocycles. The summed E-state index contributed by atoms with van der Waals surface area (Å²) < 4.78 is 10.9. The minimum absolute atomic E-state index is 0.821. The molecule has 10 heavy (non-hydrogen) atoms. The van der Waals surface area contributed by atoms with Crippen LogP contribution in [0.3, 0.4) is 0 Å². The lowest BCUT2D eigenvalue weighted by molar-refractivity contribution is 0.401. The van der Waals surface area contributed by atoms with Crippen LogP contribution in [0.25, 0.3) is 0 Å². The maximum Gasteiger partial charge on any atom is 0.191 e. The molecule has 1 rings (SSSR count). The molecule has 0 bridgehead atoms. The van der Waals surface area contributed by atoms with Crippen LogP contribution in [0, 0.1) is 0 Å². The lowest BCUT2D eigenvalue weighted by Gasteiger charge is -1.96. The number of thiophene rings is 1. The SMILES string of the molecule is COc1csc(OC)c1Br. The van der Waals surface area contributed by atoms with Gasteiger partial charge in [-0.15, -0.1) is 11.3 Å². The van der Waals surface area contributed by atoms with Gasteiger partial charge in [0.05, 0.1) is 14.2 Å². The van der Waals surface area contributed by atoms with Gasteiger partial charge in [0.15, 0.2) is 5.06 Å². The fraction of sp³-hybridized carbons (Fsp3) is 0.333. The summed E-state index contributed by atoms with van der Waals surface area (Å²) in [5, 5.41) is 2.74. The third-order valence-corrected chi connectivity index (χ3v) is 3.00. The maximum absolute atomic E-state index is 5.02. The third kappa shape index (κ3) is 1.27. The molecule has 1 aromatic rings. The highest BCUT2D eigenvalue weighted by Gasteiger charge is 2.08. The normalized spacial score (nSPS) is 9.50. The molecule has 0 unspecified atom stereocenters. The summed E-state index contributed by atoms with van der Waals surface area (Å²) in [4.78, 5) is 0. The Morgan fingerprint density at radius 2 is 2.10 bits per heavy atom. The summed E-state index contributed by atoms with van der Waals surface area (Å²) >= 11 is 4.84. The average Bonchev–Trinajstić information content (AvgIpc) is 2.30. The molecule has 0 saturated heterocycles. The zero-order valence-corrected chi connectivity index (χ0v) is 8.08. The van der Waals surface area contributed by atoms with Crippen molar-refractivity contribution in [3.63, 3.8) is 0 Å². The van der Waals surface area contributed by atoms with E-state index in [4.69, 9.17) is 9.47 Å². The van der Waals surface area contributed by atoms with E-state index < -0.39 is 0 Å². The molecule has 0 spiro atoms. The van der Waals surface area contributed by atoms with Gasteiger partial charge in [0.2, 0.25) is 0 Å². The molecule has 0 amide bonds. The minimum atomic E-state index is 0.821. The first-order valence-corrected chi connectivity index (χ1v) is 4.31. The zero-order valence-electron chi connectivity index (χ0n) is 5.68. The molecule has 0 N–H and O–H groups in total. The Hall–Kier alpha value is -0.220. The zero-order chi connectivity index (χ0) is 7.56. The number of hydrogen-bond acceptors (Lipinski definition) is 3. The number of rotatable bonds is 2. The van der Waals surface area contributed by atoms with Crippen molar-refractivity contribution in [2.24, 2.45) is 0 Å². The Morgan fingerprint density at radius 3 is 2.40 bits per heavy atom. The number of hydrogen-bond donors (Lipinski definition) is 0. The first kappa shape index (κ1) is 7.88. The van der Waals surface area contributed by atoms with Crippen LogP contribution in [-0.2, 0) is 0 Å². The Morgan fingerprint density at radius 1 is 1.40 bits per heavy atom. The molecule has 0 saturated carbocycles. The summed E-state index contributed by atoms with van der Waals surface area (Å²) in [6, 6.07) is 0. The van der Waals surface area contributed by atoms with Crippen LogP contribution in [0.4, 0.5) is 0 Å². The van der Waals surface area contributed by atoms with Crippen LogP contribution in [0.2, 0.25) is 0 Å². The average molecular weight is 223 g/mol. The number of ether oxygens (including phenoxy) is 2. The van der Waals surface area contributed by atoms with Crippen LogP contribution in [0.15, 0.2) is 9.85 Å². The van der Waals surface area contributed by atoms with Crippen molar-refractivity contribution in [3.8, 4) is 10.8 Å². The topological polar surface area (TPSA) is 18.5 Å². The number of halogens is 1. The van der Waals surface area contributed by atoms with Gasteiger partial charge in [-0.3, -0.25) is 0 Å². The van der Waals surface area contributed by atoms with Crippen molar-refractivity contribution in [3.05, 3.63) is 9.85 Å². The Balaban J connectivity index is 2.97. The molecular weight excluding hydrogens is 216 g/mol. The van der Waals surface area contributed by atoms with Gasteiger partial charge in [0.1, 0.15) is 10.2 Å². The Bertz CT molecular complexity index is 200. The van der Waals surface area contributed by atoms with E-state index in [1.807, 2.05) is 5.38 Å². The molecule has 0 aliphatic rings. The van der Waals surface area contributed by atoms with Crippen LogP contribution in [0.5, 0.6) is 10.8 Å². The fourth-order valence-corrected chi connectivity index (χ4v) is 2.19. The second kappa shape index (κ2) is 3.25. The predicted molar refractivity (Wildman–Crippen MR) is 45.1 cm³/mol. The van der Waals surface area contributed by atoms with Gasteiger partial charge in [-0.05, 0) is 15.9 Å². The van der Waals surface area contributed by atoms with E-state index in [-0.39, 0.29) is 0 Å². The van der Waals surface area contributed by atoms with Gasteiger partial charge in [-0.25, -0.2) is 0 Å². The molecule has 0 atom stereocenters. The number of methoxy groups -OCH3 is 2. The highest BCUT2D eigenvalue weighted by molar-refractivity contribution is 9.10. The van der Waals surface area contributed by atoms with Crippen molar-refractivity contribution in [2.45, 2.75) is 0 Å². The molecule has 0 aliphatic heterocycles. The fourth-order valence-electron chi connectivity index (χ4n) is 0.587. The van der Waals surface area contributed by atoms with Crippen LogP contribution >= 0.6 is 27.3 Å². The maximum atomic E-state index is 5.02. The van der Waals surface area contributed by atoms with Crippen molar-refractivity contribution in [1.82, 2.24) is 0 Å². The van der Waals surface area contributed by atoms with Gasteiger partial charge in [0.25, 0.3) is 0 Å². The Kier molecular flexibility index (Phi) is 2.56. The van der Waals surface area contributed by atoms with E-state index >= 15 is 0 Å². The van der Waals surface area contributed by atoms with Crippen molar-refractivity contribution < 1.29 is 9.47 Å². The van der Waals surface area contributed by atoms with E-state index in [2.05, 4.69) is 15.9 Å². The highest BCUT2D eigenvalue weighted by Crippen LogP contribution is 2.40. The standard InChI is InChI=1S/C6H7BrO2S/c1-8-4-3-10-6(9-2)5(4)7/h3H,1-2H3. The summed E-state index contributed by atoms with van der Waals surface area (Å²) in [6.07, 6.45) is 0. The van der Waals surface area contributed by atoms with Gasteiger partial charge >= 0.3 is 0 Å². The molecule has 2 nitrogen and oxygen atoms in total. The smallest absolute Gasteiger partial charge is 0.191 e. The molecule has 0 fully saturated rings. The largest absolute Gasteiger partial charge is 0.495 e. The van der Waals surface area contributed by atoms with E-state index in [1.54, 1.807) is 14.2 Å². The molecule has 4 heteroatoms. The monoisotopic (exact) mass is 222 g/mol. The molecule has 56 valence electrons. The van der Waals surface area contributed by atoms with E-state index in [0.717, 1.165) is 15.3 Å². The predicted octanol–water partition coefficient (Wildman–Crippen LogP) is 2.53. The summed E-state index contributed by atoms with van der Waals surface area (Å²) in [6.45, 7) is 0. The third-order valence-electron chi connectivity index (χ3n) is 1.07. The summed E-state index contributed by atoms with van der Waals surface area (Å²) in [7, 11) is 3.27.